The Morgan fingerprint density at radius 3 is 2.16 bits per heavy atom. The van der Waals surface area contributed by atoms with Crippen molar-refractivity contribution in [2.45, 2.75) is 11.6 Å². The van der Waals surface area contributed by atoms with Crippen LogP contribution >= 0.6 is 27.5 Å². The monoisotopic (exact) mass is 432 g/mol. The Morgan fingerprint density at radius 2 is 1.68 bits per heavy atom. The lowest BCUT2D eigenvalue weighted by Crippen LogP contribution is -2.45. The predicted octanol–water partition coefficient (Wildman–Crippen LogP) is 5.95. The predicted molar refractivity (Wildman–Crippen MR) is 93.8 cm³/mol. The van der Waals surface area contributed by atoms with Gasteiger partial charge in [0.05, 0.1) is 5.56 Å². The summed E-state index contributed by atoms with van der Waals surface area (Å²) >= 11 is 8.96. The van der Waals surface area contributed by atoms with Crippen LogP contribution in [0, 0.1) is 0 Å². The number of halogens is 5. The highest BCUT2D eigenvalue weighted by Gasteiger charge is 2.55. The fourth-order valence-corrected chi connectivity index (χ4v) is 2.61. The summed E-state index contributed by atoms with van der Waals surface area (Å²) in [6, 6.07) is 11.3. The Balaban J connectivity index is 2.31. The average molecular weight is 434 g/mol. The number of hydrogen-bond acceptors (Lipinski definition) is 2. The standard InChI is InChI=1S/C18H13BrClF3O2/c1-2-17(18(21,22)23,13-5-9-15(20)10-6-13)11-25-16(24)12-3-7-14(19)8-4-12/h2-10H,1,11H2/t17-/m1/s1. The second-order valence-corrected chi connectivity index (χ2v) is 6.62. The fourth-order valence-electron chi connectivity index (χ4n) is 2.22. The molecular formula is C18H13BrClF3O2. The van der Waals surface area contributed by atoms with Gasteiger partial charge in [0, 0.05) is 9.50 Å². The highest BCUT2D eigenvalue weighted by Crippen LogP contribution is 2.43. The van der Waals surface area contributed by atoms with Crippen molar-refractivity contribution in [3.8, 4) is 0 Å². The highest BCUT2D eigenvalue weighted by atomic mass is 79.9. The second kappa shape index (κ2) is 7.62. The molecule has 0 aliphatic carbocycles. The van der Waals surface area contributed by atoms with Gasteiger partial charge in [-0.25, -0.2) is 4.79 Å². The summed E-state index contributed by atoms with van der Waals surface area (Å²) in [6.07, 6.45) is -3.96. The van der Waals surface area contributed by atoms with Gasteiger partial charge in [-0.1, -0.05) is 45.7 Å². The molecule has 0 aliphatic heterocycles. The lowest BCUT2D eigenvalue weighted by Gasteiger charge is -2.32. The van der Waals surface area contributed by atoms with Gasteiger partial charge in [0.1, 0.15) is 12.0 Å². The minimum atomic E-state index is -4.71. The minimum Gasteiger partial charge on any atom is -0.460 e. The molecule has 2 rings (SSSR count). The Bertz CT molecular complexity index is 757. The second-order valence-electron chi connectivity index (χ2n) is 5.26. The van der Waals surface area contributed by atoms with E-state index in [0.717, 1.165) is 10.5 Å². The number of rotatable bonds is 5. The Labute approximate surface area is 156 Å². The molecule has 2 aromatic carbocycles. The summed E-state index contributed by atoms with van der Waals surface area (Å²) in [7, 11) is 0. The van der Waals surface area contributed by atoms with Crippen LogP contribution in [0.4, 0.5) is 13.2 Å². The van der Waals surface area contributed by atoms with Gasteiger partial charge in [-0.2, -0.15) is 13.2 Å². The molecule has 0 unspecified atom stereocenters. The minimum absolute atomic E-state index is 0.108. The SMILES string of the molecule is C=C[C@@](COC(=O)c1ccc(Br)cc1)(c1ccc(Cl)cc1)C(F)(F)F. The molecule has 0 N–H and O–H groups in total. The van der Waals surface area contributed by atoms with E-state index in [1.54, 1.807) is 12.1 Å². The Morgan fingerprint density at radius 1 is 1.12 bits per heavy atom. The molecule has 0 aromatic heterocycles. The van der Waals surface area contributed by atoms with Gasteiger partial charge in [0.15, 0.2) is 0 Å². The van der Waals surface area contributed by atoms with Crippen molar-refractivity contribution in [2.75, 3.05) is 6.61 Å². The number of carbonyl (C=O) groups excluding carboxylic acids is 1. The first-order valence-corrected chi connectivity index (χ1v) is 8.26. The lowest BCUT2D eigenvalue weighted by atomic mass is 9.80. The van der Waals surface area contributed by atoms with Gasteiger partial charge in [0.2, 0.25) is 0 Å². The van der Waals surface area contributed by atoms with Crippen molar-refractivity contribution in [3.63, 3.8) is 0 Å². The Hall–Kier alpha value is -1.79. The molecule has 7 heteroatoms. The summed E-state index contributed by atoms with van der Waals surface area (Å²) in [5.41, 5.74) is -2.48. The lowest BCUT2D eigenvalue weighted by molar-refractivity contribution is -0.185. The normalized spacial score (nSPS) is 13.8. The zero-order valence-electron chi connectivity index (χ0n) is 12.8. The summed E-state index contributed by atoms with van der Waals surface area (Å²) in [6.45, 7) is 2.39. The topological polar surface area (TPSA) is 26.3 Å². The number of carbonyl (C=O) groups is 1. The van der Waals surface area contributed by atoms with Gasteiger partial charge < -0.3 is 4.74 Å². The first-order chi connectivity index (χ1) is 11.7. The molecular weight excluding hydrogens is 421 g/mol. The van der Waals surface area contributed by atoms with Gasteiger partial charge in [-0.3, -0.25) is 0 Å². The molecule has 0 aliphatic rings. The van der Waals surface area contributed by atoms with Crippen molar-refractivity contribution >= 4 is 33.5 Å². The van der Waals surface area contributed by atoms with Crippen molar-refractivity contribution in [1.82, 2.24) is 0 Å². The van der Waals surface area contributed by atoms with E-state index >= 15 is 0 Å². The zero-order valence-corrected chi connectivity index (χ0v) is 15.2. The third kappa shape index (κ3) is 4.25. The number of hydrogen-bond donors (Lipinski definition) is 0. The molecule has 2 aromatic rings. The number of benzene rings is 2. The molecule has 132 valence electrons. The van der Waals surface area contributed by atoms with Crippen LogP contribution in [0.1, 0.15) is 15.9 Å². The third-order valence-electron chi connectivity index (χ3n) is 3.72. The molecule has 0 fully saturated rings. The van der Waals surface area contributed by atoms with E-state index in [-0.39, 0.29) is 11.1 Å². The van der Waals surface area contributed by atoms with Gasteiger partial charge in [-0.05, 0) is 42.0 Å². The zero-order chi connectivity index (χ0) is 18.7. The van der Waals surface area contributed by atoms with Crippen molar-refractivity contribution < 1.29 is 22.7 Å². The highest BCUT2D eigenvalue weighted by molar-refractivity contribution is 9.10. The molecule has 2 nitrogen and oxygen atoms in total. The van der Waals surface area contributed by atoms with Gasteiger partial charge in [0.25, 0.3) is 0 Å². The van der Waals surface area contributed by atoms with Gasteiger partial charge >= 0.3 is 12.1 Å². The number of esters is 1. The smallest absolute Gasteiger partial charge is 0.405 e. The molecule has 0 saturated heterocycles. The molecule has 0 amide bonds. The number of ether oxygens (including phenoxy) is 1. The van der Waals surface area contributed by atoms with Crippen molar-refractivity contribution in [3.05, 3.63) is 81.8 Å². The van der Waals surface area contributed by atoms with Crippen LogP contribution in [0.15, 0.2) is 65.7 Å². The van der Waals surface area contributed by atoms with Gasteiger partial charge in [-0.15, -0.1) is 6.58 Å². The third-order valence-corrected chi connectivity index (χ3v) is 4.51. The van der Waals surface area contributed by atoms with Crippen molar-refractivity contribution in [1.29, 1.82) is 0 Å². The largest absolute Gasteiger partial charge is 0.460 e. The fraction of sp³-hybridized carbons (Fsp3) is 0.167. The summed E-state index contributed by atoms with van der Waals surface area (Å²) in [5, 5.41) is 0.302. The van der Waals surface area contributed by atoms with Crippen LogP contribution in [0.5, 0.6) is 0 Å². The molecule has 0 spiro atoms. The quantitative estimate of drug-likeness (QED) is 0.430. The van der Waals surface area contributed by atoms with Crippen LogP contribution in [0.2, 0.25) is 5.02 Å². The molecule has 1 atom stereocenters. The maximum atomic E-state index is 13.8. The summed E-state index contributed by atoms with van der Waals surface area (Å²) in [5.74, 6) is -0.850. The van der Waals surface area contributed by atoms with Crippen LogP contribution in [0.3, 0.4) is 0 Å². The Kier molecular flexibility index (Phi) is 5.95. The van der Waals surface area contributed by atoms with E-state index in [4.69, 9.17) is 16.3 Å². The van der Waals surface area contributed by atoms with E-state index in [0.29, 0.717) is 5.02 Å². The molecule has 0 saturated carbocycles. The molecule has 0 heterocycles. The van der Waals surface area contributed by atoms with E-state index in [1.165, 1.54) is 36.4 Å². The molecule has 0 radical (unpaired) electrons. The summed E-state index contributed by atoms with van der Waals surface area (Å²) in [4.78, 5) is 12.1. The van der Waals surface area contributed by atoms with E-state index in [1.807, 2.05) is 0 Å². The van der Waals surface area contributed by atoms with Crippen LogP contribution in [-0.4, -0.2) is 18.8 Å². The first-order valence-electron chi connectivity index (χ1n) is 7.09. The van der Waals surface area contributed by atoms with Crippen molar-refractivity contribution in [2.24, 2.45) is 0 Å². The maximum Gasteiger partial charge on any atom is 0.405 e. The maximum absolute atomic E-state index is 13.8. The molecule has 0 bridgehead atoms. The number of alkyl halides is 3. The van der Waals surface area contributed by atoms with Crippen LogP contribution < -0.4 is 0 Å². The van der Waals surface area contributed by atoms with E-state index in [9.17, 15) is 18.0 Å². The van der Waals surface area contributed by atoms with E-state index < -0.39 is 24.2 Å². The summed E-state index contributed by atoms with van der Waals surface area (Å²) < 4.78 is 47.0. The molecule has 25 heavy (non-hydrogen) atoms. The first kappa shape index (κ1) is 19.5. The van der Waals surface area contributed by atoms with E-state index in [2.05, 4.69) is 22.5 Å². The average Bonchev–Trinajstić information content (AvgIpc) is 2.56. The van der Waals surface area contributed by atoms with Crippen LogP contribution in [0.25, 0.3) is 0 Å². The van der Waals surface area contributed by atoms with Crippen LogP contribution in [-0.2, 0) is 10.2 Å².